The highest BCUT2D eigenvalue weighted by Gasteiger charge is 2.09. The summed E-state index contributed by atoms with van der Waals surface area (Å²) in [6.45, 7) is 0. The normalized spacial score (nSPS) is 10.8. The molecule has 0 radical (unpaired) electrons. The summed E-state index contributed by atoms with van der Waals surface area (Å²) < 4.78 is 0. The molecule has 2 rings (SSSR count). The lowest BCUT2D eigenvalue weighted by molar-refractivity contribution is 0.104. The number of anilines is 2. The second-order valence-corrected chi connectivity index (χ2v) is 5.78. The Labute approximate surface area is 137 Å². The van der Waals surface area contributed by atoms with Crippen molar-refractivity contribution in [3.8, 4) is 5.75 Å². The highest BCUT2D eigenvalue weighted by atomic mass is 16.3. The number of phenols is 1. The van der Waals surface area contributed by atoms with Crippen LogP contribution in [0.15, 0.2) is 48.5 Å². The third-order valence-corrected chi connectivity index (χ3v) is 3.60. The Kier molecular flexibility index (Phi) is 5.06. The van der Waals surface area contributed by atoms with E-state index in [1.54, 1.807) is 18.2 Å². The first-order valence-electron chi connectivity index (χ1n) is 7.38. The summed E-state index contributed by atoms with van der Waals surface area (Å²) in [6, 6.07) is 12.9. The molecule has 0 bridgehead atoms. The number of benzene rings is 2. The molecule has 0 aliphatic carbocycles. The van der Waals surface area contributed by atoms with Crippen LogP contribution < -0.4 is 9.80 Å². The monoisotopic (exact) mass is 310 g/mol. The molecule has 0 saturated heterocycles. The summed E-state index contributed by atoms with van der Waals surface area (Å²) >= 11 is 0. The first kappa shape index (κ1) is 16.6. The number of carbonyl (C=O) groups excluding carboxylic acids is 1. The molecule has 0 saturated carbocycles. The van der Waals surface area contributed by atoms with Gasteiger partial charge in [-0.1, -0.05) is 18.2 Å². The molecule has 0 heterocycles. The molecule has 0 aliphatic heterocycles. The first-order chi connectivity index (χ1) is 10.9. The standard InChI is InChI=1S/C19H22N2O2/c1-20(2)15-8-5-14(6-9-15)7-12-18(22)17-11-10-16(21(3)4)13-19(17)23/h5-13,23H,1-4H3/b12-7+. The zero-order valence-corrected chi connectivity index (χ0v) is 13.9. The minimum Gasteiger partial charge on any atom is -0.507 e. The summed E-state index contributed by atoms with van der Waals surface area (Å²) in [5.41, 5.74) is 3.19. The molecular formula is C19H22N2O2. The van der Waals surface area contributed by atoms with Crippen molar-refractivity contribution in [1.82, 2.24) is 0 Å². The lowest BCUT2D eigenvalue weighted by atomic mass is 10.1. The largest absolute Gasteiger partial charge is 0.507 e. The van der Waals surface area contributed by atoms with Crippen molar-refractivity contribution in [3.63, 3.8) is 0 Å². The maximum atomic E-state index is 12.2. The minimum atomic E-state index is -0.218. The van der Waals surface area contributed by atoms with Gasteiger partial charge < -0.3 is 14.9 Å². The number of carbonyl (C=O) groups is 1. The van der Waals surface area contributed by atoms with Crippen LogP contribution in [0.2, 0.25) is 0 Å². The number of allylic oxidation sites excluding steroid dienone is 1. The van der Waals surface area contributed by atoms with Crippen LogP contribution in [-0.2, 0) is 0 Å². The maximum absolute atomic E-state index is 12.2. The Morgan fingerprint density at radius 1 is 0.913 bits per heavy atom. The summed E-state index contributed by atoms with van der Waals surface area (Å²) in [5.74, 6) is -0.224. The summed E-state index contributed by atoms with van der Waals surface area (Å²) in [4.78, 5) is 16.1. The maximum Gasteiger partial charge on any atom is 0.189 e. The summed E-state index contributed by atoms with van der Waals surface area (Å²) in [7, 11) is 7.73. The Bertz CT molecular complexity index is 717. The van der Waals surface area contributed by atoms with Crippen LogP contribution in [0.3, 0.4) is 0 Å². The Morgan fingerprint density at radius 2 is 1.48 bits per heavy atom. The van der Waals surface area contributed by atoms with Crippen molar-refractivity contribution in [1.29, 1.82) is 0 Å². The molecule has 0 fully saturated rings. The van der Waals surface area contributed by atoms with E-state index in [-0.39, 0.29) is 11.5 Å². The fraction of sp³-hybridized carbons (Fsp3) is 0.211. The number of nitrogens with zero attached hydrogens (tertiary/aromatic N) is 2. The van der Waals surface area contributed by atoms with Gasteiger partial charge in [-0.25, -0.2) is 0 Å². The number of aromatic hydroxyl groups is 1. The molecule has 0 aliphatic rings. The summed E-state index contributed by atoms with van der Waals surface area (Å²) in [6.07, 6.45) is 3.23. The van der Waals surface area contributed by atoms with E-state index >= 15 is 0 Å². The molecule has 23 heavy (non-hydrogen) atoms. The fourth-order valence-corrected chi connectivity index (χ4v) is 2.15. The highest BCUT2D eigenvalue weighted by molar-refractivity contribution is 6.08. The second kappa shape index (κ2) is 7.01. The lowest BCUT2D eigenvalue weighted by Gasteiger charge is -2.13. The van der Waals surface area contributed by atoms with Crippen LogP contribution in [0.1, 0.15) is 15.9 Å². The average Bonchev–Trinajstić information content (AvgIpc) is 2.52. The number of rotatable bonds is 5. The van der Waals surface area contributed by atoms with E-state index in [1.165, 1.54) is 6.08 Å². The van der Waals surface area contributed by atoms with Gasteiger partial charge in [-0.2, -0.15) is 0 Å². The topological polar surface area (TPSA) is 43.8 Å². The van der Waals surface area contributed by atoms with E-state index < -0.39 is 0 Å². The van der Waals surface area contributed by atoms with E-state index in [0.717, 1.165) is 16.9 Å². The van der Waals surface area contributed by atoms with Crippen molar-refractivity contribution >= 4 is 23.2 Å². The molecule has 4 heteroatoms. The van der Waals surface area contributed by atoms with Crippen molar-refractivity contribution in [2.75, 3.05) is 38.0 Å². The smallest absolute Gasteiger partial charge is 0.189 e. The third kappa shape index (κ3) is 4.13. The molecule has 0 unspecified atom stereocenters. The average molecular weight is 310 g/mol. The van der Waals surface area contributed by atoms with Gasteiger partial charge in [-0.15, -0.1) is 0 Å². The van der Waals surface area contributed by atoms with Crippen LogP contribution in [-0.4, -0.2) is 39.1 Å². The third-order valence-electron chi connectivity index (χ3n) is 3.60. The SMILES string of the molecule is CN(C)c1ccc(/C=C/C(=O)c2ccc(N(C)C)cc2O)cc1. The predicted octanol–water partition coefficient (Wildman–Crippen LogP) is 3.42. The second-order valence-electron chi connectivity index (χ2n) is 5.78. The zero-order chi connectivity index (χ0) is 17.0. The predicted molar refractivity (Wildman–Crippen MR) is 96.6 cm³/mol. The molecule has 1 N–H and O–H groups in total. The van der Waals surface area contributed by atoms with Gasteiger partial charge in [0, 0.05) is 45.6 Å². The molecule has 0 aromatic heterocycles. The fourth-order valence-electron chi connectivity index (χ4n) is 2.15. The minimum absolute atomic E-state index is 0.00574. The Balaban J connectivity index is 2.15. The molecule has 0 spiro atoms. The van der Waals surface area contributed by atoms with E-state index in [1.807, 2.05) is 68.3 Å². The molecule has 4 nitrogen and oxygen atoms in total. The van der Waals surface area contributed by atoms with E-state index in [2.05, 4.69) is 0 Å². The zero-order valence-electron chi connectivity index (χ0n) is 13.9. The summed E-state index contributed by atoms with van der Waals surface area (Å²) in [5, 5.41) is 10.0. The van der Waals surface area contributed by atoms with Crippen LogP contribution in [0.4, 0.5) is 11.4 Å². The lowest BCUT2D eigenvalue weighted by Crippen LogP contribution is -2.08. The van der Waals surface area contributed by atoms with Gasteiger partial charge in [-0.05, 0) is 35.9 Å². The molecule has 0 amide bonds. The molecule has 2 aromatic carbocycles. The van der Waals surface area contributed by atoms with Gasteiger partial charge in [-0.3, -0.25) is 4.79 Å². The molecule has 2 aromatic rings. The number of ketones is 1. The molecular weight excluding hydrogens is 288 g/mol. The van der Waals surface area contributed by atoms with Crippen molar-refractivity contribution < 1.29 is 9.90 Å². The van der Waals surface area contributed by atoms with Gasteiger partial charge in [0.1, 0.15) is 5.75 Å². The number of hydrogen-bond acceptors (Lipinski definition) is 4. The van der Waals surface area contributed by atoms with E-state index in [9.17, 15) is 9.90 Å². The quantitative estimate of drug-likeness (QED) is 0.679. The molecule has 120 valence electrons. The van der Waals surface area contributed by atoms with Crippen LogP contribution >= 0.6 is 0 Å². The van der Waals surface area contributed by atoms with E-state index in [0.29, 0.717) is 5.56 Å². The van der Waals surface area contributed by atoms with Crippen molar-refractivity contribution in [2.45, 2.75) is 0 Å². The van der Waals surface area contributed by atoms with Gasteiger partial charge in [0.15, 0.2) is 5.78 Å². The number of hydrogen-bond donors (Lipinski definition) is 1. The van der Waals surface area contributed by atoms with Crippen LogP contribution in [0.5, 0.6) is 5.75 Å². The Hall–Kier alpha value is -2.75. The van der Waals surface area contributed by atoms with Crippen molar-refractivity contribution in [2.24, 2.45) is 0 Å². The first-order valence-corrected chi connectivity index (χ1v) is 7.38. The van der Waals surface area contributed by atoms with Gasteiger partial charge in [0.2, 0.25) is 0 Å². The number of phenolic OH excluding ortho intramolecular Hbond substituents is 1. The van der Waals surface area contributed by atoms with Crippen LogP contribution in [0, 0.1) is 0 Å². The van der Waals surface area contributed by atoms with Gasteiger partial charge in [0.25, 0.3) is 0 Å². The van der Waals surface area contributed by atoms with Gasteiger partial charge in [0.05, 0.1) is 5.56 Å². The highest BCUT2D eigenvalue weighted by Crippen LogP contribution is 2.24. The Morgan fingerprint density at radius 3 is 2.00 bits per heavy atom. The van der Waals surface area contributed by atoms with Crippen LogP contribution in [0.25, 0.3) is 6.08 Å². The van der Waals surface area contributed by atoms with Crippen molar-refractivity contribution in [3.05, 3.63) is 59.7 Å². The van der Waals surface area contributed by atoms with Gasteiger partial charge >= 0.3 is 0 Å². The molecule has 0 atom stereocenters. The van der Waals surface area contributed by atoms with E-state index in [4.69, 9.17) is 0 Å².